The standard InChI is InChI=1S/C13H21NO2/c1-3-8-12(4-2)11-16-13(15)14-9-6-5-7-10-14/h3-4,8H,5-7,9-11H2,1-2H3/b8-3-,12-4+. The predicted octanol–water partition coefficient (Wildman–Crippen LogP) is 3.13. The lowest BCUT2D eigenvalue weighted by atomic mass is 10.1. The Hall–Kier alpha value is -1.25. The van der Waals surface area contributed by atoms with E-state index in [-0.39, 0.29) is 6.09 Å². The van der Waals surface area contributed by atoms with Crippen molar-refractivity contribution in [3.05, 3.63) is 23.8 Å². The van der Waals surface area contributed by atoms with E-state index < -0.39 is 0 Å². The van der Waals surface area contributed by atoms with E-state index in [2.05, 4.69) is 0 Å². The molecule has 0 N–H and O–H groups in total. The fourth-order valence-corrected chi connectivity index (χ4v) is 1.75. The molecule has 1 heterocycles. The third kappa shape index (κ3) is 4.09. The van der Waals surface area contributed by atoms with E-state index in [9.17, 15) is 4.79 Å². The molecule has 0 bridgehead atoms. The second-order valence-corrected chi connectivity index (χ2v) is 3.97. The summed E-state index contributed by atoms with van der Waals surface area (Å²) in [4.78, 5) is 13.5. The molecule has 0 saturated carbocycles. The van der Waals surface area contributed by atoms with E-state index in [4.69, 9.17) is 4.74 Å². The number of rotatable bonds is 3. The van der Waals surface area contributed by atoms with Gasteiger partial charge in [0.1, 0.15) is 6.61 Å². The highest BCUT2D eigenvalue weighted by Crippen LogP contribution is 2.10. The summed E-state index contributed by atoms with van der Waals surface area (Å²) >= 11 is 0. The predicted molar refractivity (Wildman–Crippen MR) is 65.3 cm³/mol. The lowest BCUT2D eigenvalue weighted by molar-refractivity contribution is 0.103. The van der Waals surface area contributed by atoms with Crippen LogP contribution in [0, 0.1) is 0 Å². The fourth-order valence-electron chi connectivity index (χ4n) is 1.75. The summed E-state index contributed by atoms with van der Waals surface area (Å²) in [6.45, 7) is 5.96. The molecule has 1 aliphatic heterocycles. The van der Waals surface area contributed by atoms with Crippen molar-refractivity contribution >= 4 is 6.09 Å². The zero-order valence-electron chi connectivity index (χ0n) is 10.2. The van der Waals surface area contributed by atoms with Crippen LogP contribution >= 0.6 is 0 Å². The van der Waals surface area contributed by atoms with Crippen molar-refractivity contribution < 1.29 is 9.53 Å². The normalized spacial score (nSPS) is 17.9. The first-order valence-corrected chi connectivity index (χ1v) is 5.97. The molecular formula is C13H21NO2. The van der Waals surface area contributed by atoms with Gasteiger partial charge in [0.25, 0.3) is 0 Å². The van der Waals surface area contributed by atoms with Crippen LogP contribution in [0.1, 0.15) is 33.1 Å². The third-order valence-electron chi connectivity index (χ3n) is 2.73. The van der Waals surface area contributed by atoms with E-state index in [0.29, 0.717) is 6.61 Å². The topological polar surface area (TPSA) is 29.5 Å². The molecule has 1 aliphatic rings. The first kappa shape index (κ1) is 12.8. The van der Waals surface area contributed by atoms with Crippen LogP contribution in [0.5, 0.6) is 0 Å². The molecule has 0 radical (unpaired) electrons. The van der Waals surface area contributed by atoms with E-state index in [0.717, 1.165) is 31.5 Å². The molecule has 3 heteroatoms. The molecule has 0 aromatic carbocycles. The molecule has 1 fully saturated rings. The first-order chi connectivity index (χ1) is 7.77. The summed E-state index contributed by atoms with van der Waals surface area (Å²) in [5, 5.41) is 0. The van der Waals surface area contributed by atoms with Crippen molar-refractivity contribution in [3.8, 4) is 0 Å². The molecule has 0 aromatic heterocycles. The Morgan fingerprint density at radius 3 is 2.50 bits per heavy atom. The Bertz CT molecular complexity index is 276. The lowest BCUT2D eigenvalue weighted by Crippen LogP contribution is -2.36. The highest BCUT2D eigenvalue weighted by Gasteiger charge is 2.17. The number of carbonyl (C=O) groups excluding carboxylic acids is 1. The quantitative estimate of drug-likeness (QED) is 0.688. The molecule has 0 atom stereocenters. The van der Waals surface area contributed by atoms with Crippen LogP contribution in [0.2, 0.25) is 0 Å². The molecule has 3 nitrogen and oxygen atoms in total. The van der Waals surface area contributed by atoms with Crippen LogP contribution in [-0.2, 0) is 4.74 Å². The Labute approximate surface area is 97.8 Å². The molecule has 90 valence electrons. The van der Waals surface area contributed by atoms with E-state index in [1.54, 1.807) is 4.90 Å². The van der Waals surface area contributed by atoms with Crippen molar-refractivity contribution in [1.29, 1.82) is 0 Å². The zero-order valence-corrected chi connectivity index (χ0v) is 10.2. The highest BCUT2D eigenvalue weighted by molar-refractivity contribution is 5.67. The van der Waals surface area contributed by atoms with E-state index >= 15 is 0 Å². The highest BCUT2D eigenvalue weighted by atomic mass is 16.6. The van der Waals surface area contributed by atoms with Crippen molar-refractivity contribution in [2.45, 2.75) is 33.1 Å². The van der Waals surface area contributed by atoms with Gasteiger partial charge in [0.15, 0.2) is 0 Å². The van der Waals surface area contributed by atoms with Gasteiger partial charge in [0.05, 0.1) is 0 Å². The second kappa shape index (κ2) is 7.09. The number of nitrogens with zero attached hydrogens (tertiary/aromatic N) is 1. The minimum absolute atomic E-state index is 0.177. The first-order valence-electron chi connectivity index (χ1n) is 5.97. The Kier molecular flexibility index (Phi) is 5.68. The average molecular weight is 223 g/mol. The maximum atomic E-state index is 11.7. The van der Waals surface area contributed by atoms with Gasteiger partial charge in [-0.15, -0.1) is 0 Å². The van der Waals surface area contributed by atoms with Crippen LogP contribution in [0.25, 0.3) is 0 Å². The van der Waals surface area contributed by atoms with Gasteiger partial charge < -0.3 is 9.64 Å². The molecule has 0 aliphatic carbocycles. The summed E-state index contributed by atoms with van der Waals surface area (Å²) in [5.41, 5.74) is 1.04. The van der Waals surface area contributed by atoms with Gasteiger partial charge in [-0.2, -0.15) is 0 Å². The van der Waals surface area contributed by atoms with Gasteiger partial charge in [-0.25, -0.2) is 4.79 Å². The molecular weight excluding hydrogens is 202 g/mol. The van der Waals surface area contributed by atoms with Gasteiger partial charge in [0, 0.05) is 13.1 Å². The van der Waals surface area contributed by atoms with Gasteiger partial charge >= 0.3 is 6.09 Å². The van der Waals surface area contributed by atoms with Crippen LogP contribution in [0.15, 0.2) is 23.8 Å². The third-order valence-corrected chi connectivity index (χ3v) is 2.73. The SMILES string of the molecule is C/C=C\C(=C/C)COC(=O)N1CCCCC1. The number of likely N-dealkylation sites (tertiary alicyclic amines) is 1. The minimum Gasteiger partial charge on any atom is -0.445 e. The van der Waals surface area contributed by atoms with Crippen LogP contribution in [-0.4, -0.2) is 30.7 Å². The van der Waals surface area contributed by atoms with Crippen molar-refractivity contribution in [1.82, 2.24) is 4.90 Å². The largest absolute Gasteiger partial charge is 0.445 e. The van der Waals surface area contributed by atoms with Crippen LogP contribution in [0.3, 0.4) is 0 Å². The fraction of sp³-hybridized carbons (Fsp3) is 0.615. The number of carbonyl (C=O) groups is 1. The van der Waals surface area contributed by atoms with Crippen molar-refractivity contribution in [3.63, 3.8) is 0 Å². The van der Waals surface area contributed by atoms with Crippen molar-refractivity contribution in [2.24, 2.45) is 0 Å². The van der Waals surface area contributed by atoms with Crippen LogP contribution < -0.4 is 0 Å². The Morgan fingerprint density at radius 2 is 1.94 bits per heavy atom. The molecule has 1 rings (SSSR count). The minimum atomic E-state index is -0.177. The Morgan fingerprint density at radius 1 is 1.25 bits per heavy atom. The van der Waals surface area contributed by atoms with Gasteiger partial charge in [0.2, 0.25) is 0 Å². The summed E-state index contributed by atoms with van der Waals surface area (Å²) < 4.78 is 5.25. The van der Waals surface area contributed by atoms with Gasteiger partial charge in [-0.3, -0.25) is 0 Å². The maximum Gasteiger partial charge on any atom is 0.410 e. The average Bonchev–Trinajstić information content (AvgIpc) is 2.35. The zero-order chi connectivity index (χ0) is 11.8. The summed E-state index contributed by atoms with van der Waals surface area (Å²) in [6.07, 6.45) is 9.11. The molecule has 0 aromatic rings. The van der Waals surface area contributed by atoms with E-state index in [1.165, 1.54) is 6.42 Å². The summed E-state index contributed by atoms with van der Waals surface area (Å²) in [7, 11) is 0. The number of ether oxygens (including phenoxy) is 1. The molecule has 1 saturated heterocycles. The summed E-state index contributed by atoms with van der Waals surface area (Å²) in [6, 6.07) is 0. The number of amides is 1. The lowest BCUT2D eigenvalue weighted by Gasteiger charge is -2.25. The molecule has 0 unspecified atom stereocenters. The second-order valence-electron chi connectivity index (χ2n) is 3.97. The number of hydrogen-bond acceptors (Lipinski definition) is 2. The van der Waals surface area contributed by atoms with Gasteiger partial charge in [-0.05, 0) is 38.7 Å². The Balaban J connectivity index is 2.33. The smallest absolute Gasteiger partial charge is 0.410 e. The monoisotopic (exact) mass is 223 g/mol. The molecule has 16 heavy (non-hydrogen) atoms. The van der Waals surface area contributed by atoms with Crippen LogP contribution in [0.4, 0.5) is 4.79 Å². The van der Waals surface area contributed by atoms with Crippen molar-refractivity contribution in [2.75, 3.05) is 19.7 Å². The van der Waals surface area contributed by atoms with E-state index in [1.807, 2.05) is 32.1 Å². The summed E-state index contributed by atoms with van der Waals surface area (Å²) in [5.74, 6) is 0. The number of allylic oxidation sites excluding steroid dienone is 2. The molecule has 0 spiro atoms. The number of hydrogen-bond donors (Lipinski definition) is 0. The van der Waals surface area contributed by atoms with Gasteiger partial charge in [-0.1, -0.05) is 18.2 Å². The maximum absolute atomic E-state index is 11.7. The molecule has 1 amide bonds. The number of piperidine rings is 1.